The molecule has 4 N–H and O–H groups in total. The Morgan fingerprint density at radius 2 is 2.05 bits per heavy atom. The van der Waals surface area contributed by atoms with Gasteiger partial charge in [0.05, 0.1) is 13.1 Å². The van der Waals surface area contributed by atoms with Crippen molar-refractivity contribution in [3.05, 3.63) is 24.3 Å². The summed E-state index contributed by atoms with van der Waals surface area (Å²) < 4.78 is 0. The number of hydrogen-bond acceptors (Lipinski definition) is 4. The number of hydrogen-bond donors (Lipinski definition) is 3. The summed E-state index contributed by atoms with van der Waals surface area (Å²) in [7, 11) is 0. The van der Waals surface area contributed by atoms with E-state index in [1.165, 1.54) is 0 Å². The van der Waals surface area contributed by atoms with Crippen LogP contribution >= 0.6 is 12.4 Å². The fraction of sp³-hybridized carbons (Fsp3) is 0.357. The predicted octanol–water partition coefficient (Wildman–Crippen LogP) is 0.249. The Kier molecular flexibility index (Phi) is 6.81. The van der Waals surface area contributed by atoms with E-state index in [0.717, 1.165) is 12.1 Å². The molecular formula is C14H19ClN4O3. The van der Waals surface area contributed by atoms with Crippen LogP contribution in [0.1, 0.15) is 12.8 Å². The lowest BCUT2D eigenvalue weighted by molar-refractivity contribution is -0.123. The SMILES string of the molecule is Cl.NCC(=O)NCC(=O)Nc1cccc(N2CCCC2=O)c1. The van der Waals surface area contributed by atoms with E-state index in [1.807, 2.05) is 6.07 Å². The molecule has 22 heavy (non-hydrogen) atoms. The van der Waals surface area contributed by atoms with E-state index in [-0.39, 0.29) is 43.2 Å². The van der Waals surface area contributed by atoms with E-state index in [1.54, 1.807) is 23.1 Å². The molecule has 1 aromatic rings. The van der Waals surface area contributed by atoms with Crippen molar-refractivity contribution in [1.29, 1.82) is 0 Å². The Morgan fingerprint density at radius 3 is 2.68 bits per heavy atom. The smallest absolute Gasteiger partial charge is 0.243 e. The van der Waals surface area contributed by atoms with Crippen molar-refractivity contribution in [3.63, 3.8) is 0 Å². The molecule has 1 saturated heterocycles. The van der Waals surface area contributed by atoms with Gasteiger partial charge >= 0.3 is 0 Å². The highest BCUT2D eigenvalue weighted by atomic mass is 35.5. The van der Waals surface area contributed by atoms with Crippen LogP contribution in [0, 0.1) is 0 Å². The molecule has 0 atom stereocenters. The lowest BCUT2D eigenvalue weighted by atomic mass is 10.2. The van der Waals surface area contributed by atoms with Crippen LogP contribution in [0.3, 0.4) is 0 Å². The minimum atomic E-state index is -0.387. The van der Waals surface area contributed by atoms with Gasteiger partial charge in [-0.05, 0) is 24.6 Å². The molecule has 0 unspecified atom stereocenters. The highest BCUT2D eigenvalue weighted by Crippen LogP contribution is 2.24. The van der Waals surface area contributed by atoms with Gasteiger partial charge in [-0.15, -0.1) is 12.4 Å². The molecule has 0 aromatic heterocycles. The fourth-order valence-corrected chi connectivity index (χ4v) is 2.13. The normalized spacial score (nSPS) is 13.5. The summed E-state index contributed by atoms with van der Waals surface area (Å²) in [6, 6.07) is 7.07. The summed E-state index contributed by atoms with van der Waals surface area (Å²) in [5.74, 6) is -0.642. The minimum absolute atomic E-state index is 0. The van der Waals surface area contributed by atoms with Crippen molar-refractivity contribution < 1.29 is 14.4 Å². The van der Waals surface area contributed by atoms with Crippen LogP contribution < -0.4 is 21.3 Å². The molecule has 0 aliphatic carbocycles. The Morgan fingerprint density at radius 1 is 1.27 bits per heavy atom. The Hall–Kier alpha value is -2.12. The zero-order chi connectivity index (χ0) is 15.2. The van der Waals surface area contributed by atoms with E-state index in [0.29, 0.717) is 18.7 Å². The Balaban J connectivity index is 0.00000242. The zero-order valence-corrected chi connectivity index (χ0v) is 12.8. The molecule has 0 spiro atoms. The number of anilines is 2. The number of benzene rings is 1. The largest absolute Gasteiger partial charge is 0.346 e. The lowest BCUT2D eigenvalue weighted by Crippen LogP contribution is -2.36. The molecule has 1 heterocycles. The second-order valence-corrected chi connectivity index (χ2v) is 4.73. The van der Waals surface area contributed by atoms with Crippen molar-refractivity contribution in [3.8, 4) is 0 Å². The molecule has 120 valence electrons. The molecule has 0 bridgehead atoms. The summed E-state index contributed by atoms with van der Waals surface area (Å²) in [5, 5.41) is 5.06. The molecule has 0 radical (unpaired) electrons. The molecular weight excluding hydrogens is 308 g/mol. The molecule has 1 aliphatic heterocycles. The number of nitrogens with two attached hydrogens (primary N) is 1. The number of nitrogens with one attached hydrogen (secondary N) is 2. The van der Waals surface area contributed by atoms with Crippen LogP contribution in [0.4, 0.5) is 11.4 Å². The highest BCUT2D eigenvalue weighted by Gasteiger charge is 2.21. The first kappa shape index (κ1) is 17.9. The molecule has 7 nitrogen and oxygen atoms in total. The number of carbonyl (C=O) groups is 3. The van der Waals surface area contributed by atoms with Gasteiger partial charge in [0.25, 0.3) is 0 Å². The minimum Gasteiger partial charge on any atom is -0.346 e. The number of halogens is 1. The summed E-state index contributed by atoms with van der Waals surface area (Å²) in [5.41, 5.74) is 6.48. The second-order valence-electron chi connectivity index (χ2n) is 4.73. The van der Waals surface area contributed by atoms with Crippen LogP contribution in [-0.4, -0.2) is 37.4 Å². The van der Waals surface area contributed by atoms with Crippen LogP contribution in [0.5, 0.6) is 0 Å². The number of amides is 3. The third kappa shape index (κ3) is 4.71. The van der Waals surface area contributed by atoms with Crippen LogP contribution in [0.2, 0.25) is 0 Å². The van der Waals surface area contributed by atoms with Crippen LogP contribution in [0.25, 0.3) is 0 Å². The quantitative estimate of drug-likeness (QED) is 0.721. The van der Waals surface area contributed by atoms with E-state index < -0.39 is 0 Å². The number of rotatable bonds is 5. The predicted molar refractivity (Wildman–Crippen MR) is 86.0 cm³/mol. The first-order valence-electron chi connectivity index (χ1n) is 6.77. The number of nitrogens with zero attached hydrogens (tertiary/aromatic N) is 1. The molecule has 2 rings (SSSR count). The van der Waals surface area contributed by atoms with Gasteiger partial charge in [0.15, 0.2) is 0 Å². The maximum absolute atomic E-state index is 11.7. The summed E-state index contributed by atoms with van der Waals surface area (Å²) in [6.07, 6.45) is 1.41. The monoisotopic (exact) mass is 326 g/mol. The van der Waals surface area contributed by atoms with Crippen LogP contribution in [-0.2, 0) is 14.4 Å². The molecule has 8 heteroatoms. The Labute approximate surface area is 134 Å². The van der Waals surface area contributed by atoms with Crippen molar-refractivity contribution in [2.45, 2.75) is 12.8 Å². The summed E-state index contributed by atoms with van der Waals surface area (Å²) >= 11 is 0. The third-order valence-corrected chi connectivity index (χ3v) is 3.15. The average molecular weight is 327 g/mol. The molecule has 1 aromatic carbocycles. The maximum atomic E-state index is 11.7. The summed E-state index contributed by atoms with van der Waals surface area (Å²) in [4.78, 5) is 36.1. The average Bonchev–Trinajstić information content (AvgIpc) is 2.91. The van der Waals surface area contributed by atoms with E-state index in [9.17, 15) is 14.4 Å². The standard InChI is InChI=1S/C14H18N4O3.ClH/c15-8-12(19)16-9-13(20)17-10-3-1-4-11(7-10)18-6-2-5-14(18)21;/h1,3-4,7H,2,5-6,8-9,15H2,(H,16,19)(H,17,20);1H. The fourth-order valence-electron chi connectivity index (χ4n) is 2.13. The molecule has 0 saturated carbocycles. The molecule has 3 amide bonds. The van der Waals surface area contributed by atoms with Crippen molar-refractivity contribution in [2.24, 2.45) is 5.73 Å². The van der Waals surface area contributed by atoms with Crippen LogP contribution in [0.15, 0.2) is 24.3 Å². The van der Waals surface area contributed by atoms with Gasteiger partial charge < -0.3 is 21.3 Å². The van der Waals surface area contributed by atoms with E-state index in [2.05, 4.69) is 10.6 Å². The van der Waals surface area contributed by atoms with Gasteiger partial charge in [0.1, 0.15) is 0 Å². The van der Waals surface area contributed by atoms with E-state index in [4.69, 9.17) is 5.73 Å². The first-order chi connectivity index (χ1) is 10.1. The van der Waals surface area contributed by atoms with Gasteiger partial charge in [-0.1, -0.05) is 6.07 Å². The maximum Gasteiger partial charge on any atom is 0.243 e. The van der Waals surface area contributed by atoms with Crippen molar-refractivity contribution in [1.82, 2.24) is 5.32 Å². The highest BCUT2D eigenvalue weighted by molar-refractivity contribution is 5.98. The lowest BCUT2D eigenvalue weighted by Gasteiger charge is -2.16. The van der Waals surface area contributed by atoms with E-state index >= 15 is 0 Å². The first-order valence-corrected chi connectivity index (χ1v) is 6.77. The number of carbonyl (C=O) groups excluding carboxylic acids is 3. The van der Waals surface area contributed by atoms with Crippen molar-refractivity contribution in [2.75, 3.05) is 29.9 Å². The zero-order valence-electron chi connectivity index (χ0n) is 12.0. The van der Waals surface area contributed by atoms with Gasteiger partial charge in [-0.25, -0.2) is 0 Å². The second kappa shape index (κ2) is 8.35. The van der Waals surface area contributed by atoms with Crippen molar-refractivity contribution >= 4 is 41.5 Å². The Bertz CT molecular complexity index is 565. The van der Waals surface area contributed by atoms with Gasteiger partial charge in [-0.3, -0.25) is 14.4 Å². The van der Waals surface area contributed by atoms with Gasteiger partial charge in [0, 0.05) is 24.3 Å². The summed E-state index contributed by atoms with van der Waals surface area (Å²) in [6.45, 7) is 0.408. The molecule has 1 aliphatic rings. The van der Waals surface area contributed by atoms with Gasteiger partial charge in [-0.2, -0.15) is 0 Å². The topological polar surface area (TPSA) is 105 Å². The van der Waals surface area contributed by atoms with Gasteiger partial charge in [0.2, 0.25) is 17.7 Å². The molecule has 1 fully saturated rings. The third-order valence-electron chi connectivity index (χ3n) is 3.15.